The van der Waals surface area contributed by atoms with E-state index >= 15 is 0 Å². The highest BCUT2D eigenvalue weighted by molar-refractivity contribution is 5.79. The minimum absolute atomic E-state index is 0.0106. The van der Waals surface area contributed by atoms with E-state index in [0.29, 0.717) is 12.0 Å². The Morgan fingerprint density at radius 2 is 1.86 bits per heavy atom. The molecule has 0 spiro atoms. The van der Waals surface area contributed by atoms with Crippen LogP contribution < -0.4 is 10.1 Å². The second kappa shape index (κ2) is 7.90. The number of aliphatic hydroxyl groups excluding tert-OH is 2. The number of hydrogen-bond acceptors (Lipinski definition) is 4. The van der Waals surface area contributed by atoms with E-state index in [9.17, 15) is 23.8 Å². The van der Waals surface area contributed by atoms with Crippen LogP contribution in [0, 0.1) is 0 Å². The Balaban J connectivity index is 2.62. The lowest BCUT2D eigenvalue weighted by Crippen LogP contribution is -2.54. The highest BCUT2D eigenvalue weighted by Gasteiger charge is 2.28. The molecule has 0 aliphatic carbocycles. The van der Waals surface area contributed by atoms with Gasteiger partial charge in [-0.25, -0.2) is 0 Å². The van der Waals surface area contributed by atoms with Crippen molar-refractivity contribution in [2.24, 2.45) is 0 Å². The molecule has 5 nitrogen and oxygen atoms in total. The zero-order chi connectivity index (χ0) is 15.9. The van der Waals surface area contributed by atoms with E-state index in [-0.39, 0.29) is 31.3 Å². The number of ether oxygens (including phenoxy) is 1. The van der Waals surface area contributed by atoms with E-state index in [0.717, 1.165) is 0 Å². The average Bonchev–Trinajstić information content (AvgIpc) is 2.46. The van der Waals surface area contributed by atoms with Gasteiger partial charge in [-0.3, -0.25) is 4.79 Å². The first-order valence-electron chi connectivity index (χ1n) is 6.51. The van der Waals surface area contributed by atoms with Gasteiger partial charge in [-0.1, -0.05) is 19.1 Å². The Morgan fingerprint density at radius 3 is 2.29 bits per heavy atom. The normalized spacial score (nSPS) is 11.5. The van der Waals surface area contributed by atoms with E-state index < -0.39 is 12.2 Å². The molecule has 0 aliphatic heterocycles. The van der Waals surface area contributed by atoms with E-state index in [2.05, 4.69) is 10.1 Å². The molecule has 118 valence electrons. The molecule has 21 heavy (non-hydrogen) atoms. The fourth-order valence-electron chi connectivity index (χ4n) is 1.76. The quantitative estimate of drug-likeness (QED) is 0.671. The van der Waals surface area contributed by atoms with Gasteiger partial charge >= 0.3 is 6.61 Å². The minimum Gasteiger partial charge on any atom is -0.435 e. The lowest BCUT2D eigenvalue weighted by Gasteiger charge is -2.29. The number of halogens is 2. The van der Waals surface area contributed by atoms with Crippen LogP contribution in [0.4, 0.5) is 8.78 Å². The highest BCUT2D eigenvalue weighted by Crippen LogP contribution is 2.15. The van der Waals surface area contributed by atoms with Crippen molar-refractivity contribution in [2.45, 2.75) is 31.9 Å². The van der Waals surface area contributed by atoms with E-state index in [1.54, 1.807) is 6.92 Å². The Labute approximate surface area is 121 Å². The summed E-state index contributed by atoms with van der Waals surface area (Å²) in [6, 6.07) is 5.70. The third-order valence-corrected chi connectivity index (χ3v) is 3.20. The van der Waals surface area contributed by atoms with Crippen molar-refractivity contribution in [3.05, 3.63) is 29.8 Å². The molecule has 0 saturated carbocycles. The number of hydrogen-bond donors (Lipinski definition) is 3. The van der Waals surface area contributed by atoms with Gasteiger partial charge in [0.15, 0.2) is 0 Å². The number of amides is 1. The van der Waals surface area contributed by atoms with Crippen molar-refractivity contribution in [1.29, 1.82) is 0 Å². The molecule has 1 aromatic carbocycles. The topological polar surface area (TPSA) is 78.8 Å². The smallest absolute Gasteiger partial charge is 0.387 e. The predicted molar refractivity (Wildman–Crippen MR) is 72.1 cm³/mol. The van der Waals surface area contributed by atoms with Gasteiger partial charge in [0.2, 0.25) is 5.91 Å². The number of alkyl halides is 2. The number of carbonyl (C=O) groups excluding carboxylic acids is 1. The summed E-state index contributed by atoms with van der Waals surface area (Å²) in [6.07, 6.45) is 0.392. The van der Waals surface area contributed by atoms with Crippen LogP contribution in [0.1, 0.15) is 18.9 Å². The van der Waals surface area contributed by atoms with Crippen LogP contribution in [-0.4, -0.2) is 41.5 Å². The van der Waals surface area contributed by atoms with Crippen molar-refractivity contribution in [1.82, 2.24) is 5.32 Å². The molecule has 0 unspecified atom stereocenters. The number of rotatable bonds is 8. The summed E-state index contributed by atoms with van der Waals surface area (Å²) in [5, 5.41) is 21.1. The maximum atomic E-state index is 12.0. The van der Waals surface area contributed by atoms with Gasteiger partial charge in [0.25, 0.3) is 0 Å². The summed E-state index contributed by atoms with van der Waals surface area (Å²) >= 11 is 0. The number of nitrogens with one attached hydrogen (secondary N) is 1. The van der Waals surface area contributed by atoms with Gasteiger partial charge in [-0.2, -0.15) is 8.78 Å². The molecule has 0 heterocycles. The molecule has 3 N–H and O–H groups in total. The molecule has 0 aliphatic rings. The largest absolute Gasteiger partial charge is 0.435 e. The fourth-order valence-corrected chi connectivity index (χ4v) is 1.76. The first-order chi connectivity index (χ1) is 9.94. The predicted octanol–water partition coefficient (Wildman–Crippen LogP) is 1.08. The molecule has 0 atom stereocenters. The lowest BCUT2D eigenvalue weighted by molar-refractivity contribution is -0.123. The third-order valence-electron chi connectivity index (χ3n) is 3.20. The van der Waals surface area contributed by atoms with Crippen molar-refractivity contribution in [3.8, 4) is 5.75 Å². The summed E-state index contributed by atoms with van der Waals surface area (Å²) in [6.45, 7) is -1.89. The highest BCUT2D eigenvalue weighted by atomic mass is 19.3. The molecule has 0 saturated heterocycles. The lowest BCUT2D eigenvalue weighted by atomic mass is 9.98. The number of aliphatic hydroxyl groups is 2. The van der Waals surface area contributed by atoms with Gasteiger partial charge < -0.3 is 20.3 Å². The Hall–Kier alpha value is -1.73. The average molecular weight is 303 g/mol. The van der Waals surface area contributed by atoms with Crippen LogP contribution in [0.5, 0.6) is 5.75 Å². The Kier molecular flexibility index (Phi) is 6.51. The van der Waals surface area contributed by atoms with Crippen LogP contribution in [0.3, 0.4) is 0 Å². The SMILES string of the molecule is CCC(CO)(CO)NC(=O)Cc1ccc(OC(F)F)cc1. The Morgan fingerprint density at radius 1 is 1.29 bits per heavy atom. The van der Waals surface area contributed by atoms with E-state index in [4.69, 9.17) is 0 Å². The van der Waals surface area contributed by atoms with Crippen LogP contribution in [0.15, 0.2) is 24.3 Å². The van der Waals surface area contributed by atoms with E-state index in [1.807, 2.05) is 0 Å². The van der Waals surface area contributed by atoms with Crippen LogP contribution >= 0.6 is 0 Å². The molecule has 0 bridgehead atoms. The third kappa shape index (κ3) is 5.28. The van der Waals surface area contributed by atoms with Crippen molar-refractivity contribution < 1.29 is 28.5 Å². The molecule has 1 amide bonds. The molecular formula is C14H19F2NO4. The van der Waals surface area contributed by atoms with Crippen molar-refractivity contribution in [2.75, 3.05) is 13.2 Å². The number of carbonyl (C=O) groups is 1. The van der Waals surface area contributed by atoms with Gasteiger partial charge in [0.05, 0.1) is 25.2 Å². The van der Waals surface area contributed by atoms with Gasteiger partial charge in [0, 0.05) is 0 Å². The molecule has 0 aromatic heterocycles. The van der Waals surface area contributed by atoms with Crippen LogP contribution in [0.2, 0.25) is 0 Å². The first-order valence-corrected chi connectivity index (χ1v) is 6.51. The van der Waals surface area contributed by atoms with Crippen LogP contribution in [-0.2, 0) is 11.2 Å². The molecule has 0 radical (unpaired) electrons. The van der Waals surface area contributed by atoms with Crippen molar-refractivity contribution in [3.63, 3.8) is 0 Å². The monoisotopic (exact) mass is 303 g/mol. The maximum Gasteiger partial charge on any atom is 0.387 e. The van der Waals surface area contributed by atoms with E-state index in [1.165, 1.54) is 24.3 Å². The molecule has 0 fully saturated rings. The summed E-state index contributed by atoms with van der Waals surface area (Å²) in [7, 11) is 0. The summed E-state index contributed by atoms with van der Waals surface area (Å²) in [5.74, 6) is -0.356. The van der Waals surface area contributed by atoms with Crippen LogP contribution in [0.25, 0.3) is 0 Å². The molecule has 1 aromatic rings. The first kappa shape index (κ1) is 17.3. The molecule has 7 heteroatoms. The minimum atomic E-state index is -2.89. The zero-order valence-corrected chi connectivity index (χ0v) is 11.7. The second-order valence-electron chi connectivity index (χ2n) is 4.70. The van der Waals surface area contributed by atoms with Gasteiger partial charge in [0.1, 0.15) is 5.75 Å². The maximum absolute atomic E-state index is 12.0. The fraction of sp³-hybridized carbons (Fsp3) is 0.500. The Bertz CT molecular complexity index is 439. The van der Waals surface area contributed by atoms with Gasteiger partial charge in [-0.05, 0) is 24.1 Å². The standard InChI is InChI=1S/C14H19F2NO4/c1-2-14(8-18,9-19)17-12(20)7-10-3-5-11(6-4-10)21-13(15)16/h3-6,13,18-19H,2,7-9H2,1H3,(H,17,20). The zero-order valence-electron chi connectivity index (χ0n) is 11.7. The van der Waals surface area contributed by atoms with Crippen molar-refractivity contribution >= 4 is 5.91 Å². The molecular weight excluding hydrogens is 284 g/mol. The number of benzene rings is 1. The second-order valence-corrected chi connectivity index (χ2v) is 4.70. The summed E-state index contributed by atoms with van der Waals surface area (Å²) in [4.78, 5) is 11.9. The summed E-state index contributed by atoms with van der Waals surface area (Å²) < 4.78 is 28.2. The summed E-state index contributed by atoms with van der Waals surface area (Å²) in [5.41, 5.74) is -0.439. The molecule has 1 rings (SSSR count). The van der Waals surface area contributed by atoms with Gasteiger partial charge in [-0.15, -0.1) is 0 Å².